The number of carbonyl (C=O) groups excluding carboxylic acids is 1. The molecule has 0 aliphatic heterocycles. The second-order valence-corrected chi connectivity index (χ2v) is 9.22. The van der Waals surface area contributed by atoms with Gasteiger partial charge in [0.25, 0.3) is 5.91 Å². The molecule has 1 aromatic heterocycles. The van der Waals surface area contributed by atoms with Crippen LogP contribution in [0.2, 0.25) is 0 Å². The molecule has 1 amide bonds. The van der Waals surface area contributed by atoms with Crippen LogP contribution in [0.3, 0.4) is 0 Å². The van der Waals surface area contributed by atoms with Crippen molar-refractivity contribution in [3.63, 3.8) is 0 Å². The Morgan fingerprint density at radius 1 is 0.879 bits per heavy atom. The largest absolute Gasteiger partial charge is 0.493 e. The molecule has 1 aromatic carbocycles. The number of nitrogens with zero attached hydrogens (tertiary/aromatic N) is 1. The van der Waals surface area contributed by atoms with Crippen molar-refractivity contribution in [2.75, 3.05) is 6.61 Å². The highest BCUT2D eigenvalue weighted by Gasteiger charge is 2.11. The molecule has 0 saturated carbocycles. The Hall–Kier alpha value is -2.36. The maximum atomic E-state index is 12.4. The number of rotatable bonds is 17. The SMILES string of the molecule is CCCCCCCCCCCCCCOc1cccc(CNC(=O)c2ccc[n+](C)c2)c1C. The second-order valence-electron chi connectivity index (χ2n) is 9.22. The van der Waals surface area contributed by atoms with E-state index in [2.05, 4.69) is 25.2 Å². The molecule has 0 atom stereocenters. The van der Waals surface area contributed by atoms with E-state index in [1.54, 1.807) is 0 Å². The first-order valence-electron chi connectivity index (χ1n) is 13.1. The van der Waals surface area contributed by atoms with Gasteiger partial charge >= 0.3 is 0 Å². The summed E-state index contributed by atoms with van der Waals surface area (Å²) >= 11 is 0. The fourth-order valence-corrected chi connectivity index (χ4v) is 4.13. The number of benzene rings is 1. The Morgan fingerprint density at radius 3 is 2.15 bits per heavy atom. The van der Waals surface area contributed by atoms with Gasteiger partial charge in [-0.25, -0.2) is 4.57 Å². The van der Waals surface area contributed by atoms with Gasteiger partial charge in [-0.05, 0) is 36.6 Å². The van der Waals surface area contributed by atoms with Crippen LogP contribution in [0, 0.1) is 6.92 Å². The van der Waals surface area contributed by atoms with E-state index >= 15 is 0 Å². The van der Waals surface area contributed by atoms with Crippen LogP contribution in [0.4, 0.5) is 0 Å². The number of aryl methyl sites for hydroxylation is 1. The zero-order chi connectivity index (χ0) is 23.7. The lowest BCUT2D eigenvalue weighted by Gasteiger charge is -2.13. The summed E-state index contributed by atoms with van der Waals surface area (Å²) in [6.07, 6.45) is 19.9. The molecule has 2 rings (SSSR count). The molecule has 0 aliphatic carbocycles. The van der Waals surface area contributed by atoms with Gasteiger partial charge in [-0.3, -0.25) is 4.79 Å². The molecule has 0 radical (unpaired) electrons. The van der Waals surface area contributed by atoms with Gasteiger partial charge in [-0.15, -0.1) is 0 Å². The van der Waals surface area contributed by atoms with E-state index in [1.165, 1.54) is 70.6 Å². The summed E-state index contributed by atoms with van der Waals surface area (Å²) < 4.78 is 7.94. The lowest BCUT2D eigenvalue weighted by molar-refractivity contribution is -0.671. The predicted molar refractivity (Wildman–Crippen MR) is 137 cm³/mol. The van der Waals surface area contributed by atoms with Gasteiger partial charge in [0.2, 0.25) is 0 Å². The van der Waals surface area contributed by atoms with Crippen molar-refractivity contribution in [2.45, 2.75) is 97.4 Å². The number of hydrogen-bond acceptors (Lipinski definition) is 2. The van der Waals surface area contributed by atoms with Crippen LogP contribution in [-0.2, 0) is 13.6 Å². The predicted octanol–water partition coefficient (Wildman–Crippen LogP) is 6.83. The van der Waals surface area contributed by atoms with E-state index in [0.29, 0.717) is 12.1 Å². The summed E-state index contributed by atoms with van der Waals surface area (Å²) in [6.45, 7) is 5.60. The lowest BCUT2D eigenvalue weighted by Crippen LogP contribution is -2.31. The maximum absolute atomic E-state index is 12.4. The number of nitrogens with one attached hydrogen (secondary N) is 1. The topological polar surface area (TPSA) is 42.2 Å². The fraction of sp³-hybridized carbons (Fsp3) is 0.586. The number of carbonyl (C=O) groups is 1. The number of ether oxygens (including phenoxy) is 1. The first-order chi connectivity index (χ1) is 16.1. The average molecular weight is 454 g/mol. The minimum absolute atomic E-state index is 0.0617. The van der Waals surface area contributed by atoms with E-state index in [9.17, 15) is 4.79 Å². The quantitative estimate of drug-likeness (QED) is 0.211. The van der Waals surface area contributed by atoms with Gasteiger partial charge in [0.05, 0.1) is 6.61 Å². The minimum Gasteiger partial charge on any atom is -0.493 e. The Labute approximate surface area is 201 Å². The highest BCUT2D eigenvalue weighted by atomic mass is 16.5. The highest BCUT2D eigenvalue weighted by Crippen LogP contribution is 2.22. The van der Waals surface area contributed by atoms with Crippen molar-refractivity contribution in [1.29, 1.82) is 0 Å². The summed E-state index contributed by atoms with van der Waals surface area (Å²) in [7, 11) is 1.91. The van der Waals surface area contributed by atoms with Crippen LogP contribution in [0.5, 0.6) is 5.75 Å². The minimum atomic E-state index is -0.0617. The Morgan fingerprint density at radius 2 is 1.52 bits per heavy atom. The molecule has 4 nitrogen and oxygen atoms in total. The summed E-state index contributed by atoms with van der Waals surface area (Å²) in [5, 5.41) is 3.02. The van der Waals surface area contributed by atoms with Crippen molar-refractivity contribution in [1.82, 2.24) is 5.32 Å². The van der Waals surface area contributed by atoms with Crippen LogP contribution in [0.1, 0.15) is 105 Å². The van der Waals surface area contributed by atoms with E-state index < -0.39 is 0 Å². The number of aromatic nitrogens is 1. The van der Waals surface area contributed by atoms with E-state index in [4.69, 9.17) is 4.74 Å². The fourth-order valence-electron chi connectivity index (χ4n) is 4.13. The van der Waals surface area contributed by atoms with Gasteiger partial charge in [-0.2, -0.15) is 0 Å². The third-order valence-corrected chi connectivity index (χ3v) is 6.29. The lowest BCUT2D eigenvalue weighted by atomic mass is 10.1. The Bertz CT molecular complexity index is 819. The monoisotopic (exact) mass is 453 g/mol. The van der Waals surface area contributed by atoms with Crippen molar-refractivity contribution in [3.05, 3.63) is 59.4 Å². The van der Waals surface area contributed by atoms with Crippen molar-refractivity contribution in [2.24, 2.45) is 7.05 Å². The molecule has 0 saturated heterocycles. The van der Waals surface area contributed by atoms with Crippen molar-refractivity contribution < 1.29 is 14.1 Å². The van der Waals surface area contributed by atoms with Gasteiger partial charge in [0, 0.05) is 12.6 Å². The molecule has 2 aromatic rings. The van der Waals surface area contributed by atoms with E-state index in [1.807, 2.05) is 48.3 Å². The zero-order valence-electron chi connectivity index (χ0n) is 21.2. The molecule has 0 fully saturated rings. The summed E-state index contributed by atoms with van der Waals surface area (Å²) in [4.78, 5) is 12.4. The first kappa shape index (κ1) is 26.9. The third-order valence-electron chi connectivity index (χ3n) is 6.29. The molecule has 1 N–H and O–H groups in total. The summed E-state index contributed by atoms with van der Waals surface area (Å²) in [6, 6.07) is 9.80. The maximum Gasteiger partial charge on any atom is 0.257 e. The standard InChI is InChI=1S/C29H44N2O2/c1-4-5-6-7-8-9-10-11-12-13-14-15-22-33-28-20-16-18-26(25(28)2)23-30-29(32)27-19-17-21-31(3)24-27/h16-21,24H,4-15,22-23H2,1-3H3/p+1. The van der Waals surface area contributed by atoms with Crippen LogP contribution >= 0.6 is 0 Å². The van der Waals surface area contributed by atoms with Crippen LogP contribution in [-0.4, -0.2) is 12.5 Å². The molecule has 0 bridgehead atoms. The highest BCUT2D eigenvalue weighted by molar-refractivity contribution is 5.93. The molecular weight excluding hydrogens is 408 g/mol. The molecule has 182 valence electrons. The van der Waals surface area contributed by atoms with E-state index in [-0.39, 0.29) is 5.91 Å². The molecule has 0 aliphatic rings. The van der Waals surface area contributed by atoms with Gasteiger partial charge in [0.15, 0.2) is 12.4 Å². The normalized spacial score (nSPS) is 10.9. The van der Waals surface area contributed by atoms with Crippen molar-refractivity contribution >= 4 is 5.91 Å². The number of hydrogen-bond donors (Lipinski definition) is 1. The molecule has 0 spiro atoms. The Kier molecular flexibility index (Phi) is 13.3. The van der Waals surface area contributed by atoms with Crippen molar-refractivity contribution in [3.8, 4) is 5.75 Å². The molecule has 1 heterocycles. The third kappa shape index (κ3) is 10.9. The summed E-state index contributed by atoms with van der Waals surface area (Å²) in [5.41, 5.74) is 2.86. The average Bonchev–Trinajstić information content (AvgIpc) is 2.82. The second kappa shape index (κ2) is 16.3. The number of pyridine rings is 1. The molecule has 0 unspecified atom stereocenters. The smallest absolute Gasteiger partial charge is 0.257 e. The van der Waals surface area contributed by atoms with Gasteiger partial charge < -0.3 is 10.1 Å². The van der Waals surface area contributed by atoms with Crippen LogP contribution in [0.15, 0.2) is 42.7 Å². The molecular formula is C29H45N2O2+. The summed E-state index contributed by atoms with van der Waals surface area (Å²) in [5.74, 6) is 0.865. The zero-order valence-corrected chi connectivity index (χ0v) is 21.2. The van der Waals surface area contributed by atoms with Gasteiger partial charge in [-0.1, -0.05) is 89.7 Å². The van der Waals surface area contributed by atoms with E-state index in [0.717, 1.165) is 29.9 Å². The van der Waals surface area contributed by atoms with Crippen LogP contribution in [0.25, 0.3) is 0 Å². The number of unbranched alkanes of at least 4 members (excludes halogenated alkanes) is 11. The number of amides is 1. The van der Waals surface area contributed by atoms with Gasteiger partial charge in [0.1, 0.15) is 18.4 Å². The Balaban J connectivity index is 1.59. The molecule has 33 heavy (non-hydrogen) atoms. The molecule has 4 heteroatoms. The van der Waals surface area contributed by atoms with Crippen LogP contribution < -0.4 is 14.6 Å². The first-order valence-corrected chi connectivity index (χ1v) is 13.1.